The molecule has 0 heterocycles. The van der Waals surface area contributed by atoms with Crippen LogP contribution in [0.25, 0.3) is 0 Å². The van der Waals surface area contributed by atoms with E-state index in [1.54, 1.807) is 0 Å². The highest BCUT2D eigenvalue weighted by Gasteiger charge is 2.30. The largest absolute Gasteiger partial charge is 0.401 e. The van der Waals surface area contributed by atoms with Gasteiger partial charge in [-0.3, -0.25) is 0 Å². The van der Waals surface area contributed by atoms with Crippen molar-refractivity contribution in [2.75, 3.05) is 13.2 Å². The van der Waals surface area contributed by atoms with Crippen LogP contribution >= 0.6 is 0 Å². The molecule has 0 spiro atoms. The Morgan fingerprint density at radius 2 is 1.81 bits per heavy atom. The minimum absolute atomic E-state index is 0.0496. The van der Waals surface area contributed by atoms with Gasteiger partial charge in [0.25, 0.3) is 0 Å². The summed E-state index contributed by atoms with van der Waals surface area (Å²) in [4.78, 5) is 0. The zero-order valence-electron chi connectivity index (χ0n) is 9.39. The Balaban J connectivity index is 2.39. The predicted molar refractivity (Wildman–Crippen MR) is 56.1 cm³/mol. The normalized spacial score (nSPS) is 21.0. The van der Waals surface area contributed by atoms with Gasteiger partial charge in [-0.2, -0.15) is 13.2 Å². The molecule has 0 aliphatic heterocycles. The minimum atomic E-state index is -4.16. The van der Waals surface area contributed by atoms with Crippen LogP contribution in [0.4, 0.5) is 13.2 Å². The van der Waals surface area contributed by atoms with Gasteiger partial charge in [0, 0.05) is 12.6 Å². The highest BCUT2D eigenvalue weighted by Crippen LogP contribution is 2.28. The van der Waals surface area contributed by atoms with Crippen molar-refractivity contribution in [3.05, 3.63) is 0 Å². The molecule has 1 aliphatic carbocycles. The van der Waals surface area contributed by atoms with Crippen molar-refractivity contribution in [1.82, 2.24) is 5.32 Å². The van der Waals surface area contributed by atoms with Crippen LogP contribution in [-0.4, -0.2) is 30.5 Å². The number of hydrogen-bond donors (Lipinski definition) is 2. The van der Waals surface area contributed by atoms with E-state index in [2.05, 4.69) is 5.32 Å². The lowest BCUT2D eigenvalue weighted by atomic mass is 9.83. The maximum Gasteiger partial charge on any atom is 0.401 e. The molecule has 0 aromatic rings. The van der Waals surface area contributed by atoms with Crippen molar-refractivity contribution < 1.29 is 18.3 Å². The van der Waals surface area contributed by atoms with Crippen LogP contribution in [0.15, 0.2) is 0 Å². The molecule has 0 saturated heterocycles. The van der Waals surface area contributed by atoms with Gasteiger partial charge in [0.05, 0.1) is 6.54 Å². The minimum Gasteiger partial charge on any atom is -0.396 e. The SMILES string of the molecule is OCC[C@H](NCC(F)(F)F)C1CCCCC1. The highest BCUT2D eigenvalue weighted by molar-refractivity contribution is 4.80. The van der Waals surface area contributed by atoms with Crippen LogP contribution in [0.2, 0.25) is 0 Å². The highest BCUT2D eigenvalue weighted by atomic mass is 19.4. The summed E-state index contributed by atoms with van der Waals surface area (Å²) in [6, 6.07) is -0.188. The number of aliphatic hydroxyl groups is 1. The average molecular weight is 239 g/mol. The van der Waals surface area contributed by atoms with Crippen molar-refractivity contribution >= 4 is 0 Å². The van der Waals surface area contributed by atoms with E-state index in [0.29, 0.717) is 12.3 Å². The summed E-state index contributed by atoms with van der Waals surface area (Å²) < 4.78 is 36.3. The third-order valence-corrected chi connectivity index (χ3v) is 3.22. The van der Waals surface area contributed by atoms with E-state index in [4.69, 9.17) is 5.11 Å². The van der Waals surface area contributed by atoms with Crippen molar-refractivity contribution in [3.8, 4) is 0 Å². The molecule has 0 aromatic carbocycles. The van der Waals surface area contributed by atoms with Gasteiger partial charge in [-0.1, -0.05) is 19.3 Å². The number of nitrogens with one attached hydrogen (secondary N) is 1. The van der Waals surface area contributed by atoms with E-state index in [1.165, 1.54) is 6.42 Å². The molecule has 0 unspecified atom stereocenters. The van der Waals surface area contributed by atoms with Gasteiger partial charge in [-0.25, -0.2) is 0 Å². The van der Waals surface area contributed by atoms with Crippen LogP contribution in [-0.2, 0) is 0 Å². The molecule has 0 radical (unpaired) electrons. The van der Waals surface area contributed by atoms with Crippen molar-refractivity contribution in [2.45, 2.75) is 50.7 Å². The standard InChI is InChI=1S/C11H20F3NO/c12-11(13,14)8-15-10(6-7-16)9-4-2-1-3-5-9/h9-10,15-16H,1-8H2/t10-/m0/s1. The Hall–Kier alpha value is -0.290. The summed E-state index contributed by atoms with van der Waals surface area (Å²) in [5, 5.41) is 11.4. The lowest BCUT2D eigenvalue weighted by molar-refractivity contribution is -0.127. The molecule has 1 rings (SSSR count). The Labute approximate surface area is 94.2 Å². The molecule has 0 amide bonds. The van der Waals surface area contributed by atoms with Crippen molar-refractivity contribution in [1.29, 1.82) is 0 Å². The summed E-state index contributed by atoms with van der Waals surface area (Å²) in [5.74, 6) is 0.295. The maximum atomic E-state index is 12.1. The molecular formula is C11H20F3NO. The quantitative estimate of drug-likeness (QED) is 0.772. The first-order valence-electron chi connectivity index (χ1n) is 5.94. The van der Waals surface area contributed by atoms with Crippen LogP contribution in [0.3, 0.4) is 0 Å². The van der Waals surface area contributed by atoms with Crippen LogP contribution in [0, 0.1) is 5.92 Å². The van der Waals surface area contributed by atoms with Crippen molar-refractivity contribution in [3.63, 3.8) is 0 Å². The second-order valence-corrected chi connectivity index (χ2v) is 4.51. The predicted octanol–water partition coefficient (Wildman–Crippen LogP) is 2.47. The molecule has 1 aliphatic rings. The van der Waals surface area contributed by atoms with Gasteiger partial charge in [0.1, 0.15) is 0 Å². The molecule has 1 saturated carbocycles. The summed E-state index contributed by atoms with van der Waals surface area (Å²) in [5.41, 5.74) is 0. The molecule has 0 aromatic heterocycles. The molecule has 16 heavy (non-hydrogen) atoms. The topological polar surface area (TPSA) is 32.3 Å². The lowest BCUT2D eigenvalue weighted by Crippen LogP contribution is -2.42. The molecule has 2 nitrogen and oxygen atoms in total. The fourth-order valence-corrected chi connectivity index (χ4v) is 2.43. The van der Waals surface area contributed by atoms with E-state index < -0.39 is 12.7 Å². The summed E-state index contributed by atoms with van der Waals surface area (Å²) in [7, 11) is 0. The number of halogens is 3. The van der Waals surface area contributed by atoms with E-state index in [-0.39, 0.29) is 12.6 Å². The maximum absolute atomic E-state index is 12.1. The van der Waals surface area contributed by atoms with Crippen LogP contribution in [0.5, 0.6) is 0 Å². The Morgan fingerprint density at radius 3 is 2.31 bits per heavy atom. The summed E-state index contributed by atoms with van der Waals surface area (Å²) in [6.45, 7) is -1.000. The van der Waals surface area contributed by atoms with E-state index in [1.807, 2.05) is 0 Å². The first-order valence-corrected chi connectivity index (χ1v) is 5.94. The molecule has 5 heteroatoms. The fourth-order valence-electron chi connectivity index (χ4n) is 2.43. The molecule has 96 valence electrons. The Kier molecular flexibility index (Phi) is 5.55. The first kappa shape index (κ1) is 13.8. The molecular weight excluding hydrogens is 219 g/mol. The van der Waals surface area contributed by atoms with Gasteiger partial charge in [-0.05, 0) is 25.2 Å². The third kappa shape index (κ3) is 5.16. The zero-order valence-corrected chi connectivity index (χ0v) is 9.39. The molecule has 1 atom stereocenters. The van der Waals surface area contributed by atoms with Gasteiger partial charge in [-0.15, -0.1) is 0 Å². The van der Waals surface area contributed by atoms with E-state index >= 15 is 0 Å². The zero-order chi connectivity index (χ0) is 12.0. The number of rotatable bonds is 5. The van der Waals surface area contributed by atoms with Crippen LogP contribution in [0.1, 0.15) is 38.5 Å². The molecule has 0 bridgehead atoms. The molecule has 2 N–H and O–H groups in total. The second-order valence-electron chi connectivity index (χ2n) is 4.51. The summed E-state index contributed by atoms with van der Waals surface area (Å²) >= 11 is 0. The lowest BCUT2D eigenvalue weighted by Gasteiger charge is -2.31. The number of hydrogen-bond acceptors (Lipinski definition) is 2. The smallest absolute Gasteiger partial charge is 0.396 e. The van der Waals surface area contributed by atoms with Gasteiger partial charge >= 0.3 is 6.18 Å². The van der Waals surface area contributed by atoms with Crippen LogP contribution < -0.4 is 5.32 Å². The van der Waals surface area contributed by atoms with E-state index in [9.17, 15) is 13.2 Å². The first-order chi connectivity index (χ1) is 7.53. The Bertz CT molecular complexity index is 190. The van der Waals surface area contributed by atoms with Gasteiger partial charge < -0.3 is 10.4 Å². The van der Waals surface area contributed by atoms with Gasteiger partial charge in [0.15, 0.2) is 0 Å². The fraction of sp³-hybridized carbons (Fsp3) is 1.00. The monoisotopic (exact) mass is 239 g/mol. The summed E-state index contributed by atoms with van der Waals surface area (Å²) in [6.07, 6.45) is 1.59. The third-order valence-electron chi connectivity index (χ3n) is 3.22. The molecule has 1 fully saturated rings. The number of aliphatic hydroxyl groups excluding tert-OH is 1. The van der Waals surface area contributed by atoms with Crippen molar-refractivity contribution in [2.24, 2.45) is 5.92 Å². The van der Waals surface area contributed by atoms with E-state index in [0.717, 1.165) is 25.7 Å². The number of alkyl halides is 3. The second kappa shape index (κ2) is 6.45. The Morgan fingerprint density at radius 1 is 1.19 bits per heavy atom. The average Bonchev–Trinajstić information content (AvgIpc) is 2.24. The van der Waals surface area contributed by atoms with Gasteiger partial charge in [0.2, 0.25) is 0 Å².